The third kappa shape index (κ3) is 8.41. The lowest BCUT2D eigenvalue weighted by atomic mass is 10.0. The monoisotopic (exact) mass is 270 g/mol. The number of allylic oxidation sites excluding steroid dienone is 1. The first-order valence-corrected chi connectivity index (χ1v) is 7.11. The summed E-state index contributed by atoms with van der Waals surface area (Å²) in [7, 11) is 0. The van der Waals surface area contributed by atoms with Crippen molar-refractivity contribution in [1.29, 1.82) is 0 Å². The van der Waals surface area contributed by atoms with Gasteiger partial charge in [0.25, 0.3) is 0 Å². The Hall–Kier alpha value is -1.32. The summed E-state index contributed by atoms with van der Waals surface area (Å²) in [6.07, 6.45) is 7.45. The van der Waals surface area contributed by atoms with Crippen molar-refractivity contribution in [3.63, 3.8) is 0 Å². The maximum Gasteiger partial charge on any atom is 0.320 e. The molecule has 0 saturated heterocycles. The zero-order chi connectivity index (χ0) is 14.5. The minimum absolute atomic E-state index is 0.286. The van der Waals surface area contributed by atoms with Crippen LogP contribution in [-0.2, 0) is 19.1 Å². The molecule has 0 aliphatic rings. The lowest BCUT2D eigenvalue weighted by Gasteiger charge is -2.14. The maximum atomic E-state index is 11.7. The molecule has 4 nitrogen and oxygen atoms in total. The third-order valence-corrected chi connectivity index (χ3v) is 2.79. The molecule has 0 N–H and O–H groups in total. The lowest BCUT2D eigenvalue weighted by Crippen LogP contribution is -2.28. The lowest BCUT2D eigenvalue weighted by molar-refractivity contribution is -0.161. The fourth-order valence-electron chi connectivity index (χ4n) is 1.81. The molecule has 110 valence electrons. The van der Waals surface area contributed by atoms with Gasteiger partial charge >= 0.3 is 11.9 Å². The molecule has 0 unspecified atom stereocenters. The highest BCUT2D eigenvalue weighted by Gasteiger charge is 2.28. The number of carbonyl (C=O) groups is 2. The van der Waals surface area contributed by atoms with E-state index in [-0.39, 0.29) is 13.2 Å². The smallest absolute Gasteiger partial charge is 0.320 e. The van der Waals surface area contributed by atoms with E-state index in [1.807, 2.05) is 6.08 Å². The zero-order valence-electron chi connectivity index (χ0n) is 12.2. The summed E-state index contributed by atoms with van der Waals surface area (Å²) in [4.78, 5) is 23.4. The molecule has 0 aromatic rings. The molecule has 0 bridgehead atoms. The topological polar surface area (TPSA) is 52.6 Å². The van der Waals surface area contributed by atoms with E-state index in [0.29, 0.717) is 6.42 Å². The van der Waals surface area contributed by atoms with Crippen LogP contribution < -0.4 is 0 Å². The van der Waals surface area contributed by atoms with Gasteiger partial charge in [0.1, 0.15) is 0 Å². The van der Waals surface area contributed by atoms with Gasteiger partial charge in [-0.05, 0) is 33.1 Å². The third-order valence-electron chi connectivity index (χ3n) is 2.79. The van der Waals surface area contributed by atoms with E-state index in [4.69, 9.17) is 9.47 Å². The summed E-state index contributed by atoms with van der Waals surface area (Å²) in [6, 6.07) is 0. The van der Waals surface area contributed by atoms with Gasteiger partial charge in [0.2, 0.25) is 0 Å². The normalized spacial score (nSPS) is 10.3. The predicted molar refractivity (Wildman–Crippen MR) is 74.7 cm³/mol. The number of unbranched alkanes of at least 4 members (excludes halogenated alkanes) is 4. The van der Waals surface area contributed by atoms with Crippen molar-refractivity contribution in [2.24, 2.45) is 5.92 Å². The van der Waals surface area contributed by atoms with Gasteiger partial charge in [-0.25, -0.2) is 0 Å². The van der Waals surface area contributed by atoms with Crippen LogP contribution in [-0.4, -0.2) is 25.2 Å². The highest BCUT2D eigenvalue weighted by Crippen LogP contribution is 2.15. The van der Waals surface area contributed by atoms with Gasteiger partial charge in [-0.15, -0.1) is 6.58 Å². The molecule has 0 rings (SSSR count). The van der Waals surface area contributed by atoms with Gasteiger partial charge in [-0.1, -0.05) is 25.3 Å². The molecule has 0 aromatic carbocycles. The van der Waals surface area contributed by atoms with Crippen molar-refractivity contribution < 1.29 is 19.1 Å². The molecule has 0 spiro atoms. The molecule has 0 saturated carbocycles. The molecule has 0 radical (unpaired) electrons. The predicted octanol–water partition coefficient (Wildman–Crippen LogP) is 3.26. The Bertz CT molecular complexity index is 255. The zero-order valence-corrected chi connectivity index (χ0v) is 12.2. The van der Waals surface area contributed by atoms with Gasteiger partial charge in [0.05, 0.1) is 13.2 Å². The second-order valence-electron chi connectivity index (χ2n) is 4.34. The Balaban J connectivity index is 4.08. The van der Waals surface area contributed by atoms with Gasteiger partial charge in [-0.3, -0.25) is 9.59 Å². The largest absolute Gasteiger partial charge is 0.465 e. The number of hydrogen-bond acceptors (Lipinski definition) is 4. The second kappa shape index (κ2) is 11.8. The number of hydrogen-bond donors (Lipinski definition) is 0. The quantitative estimate of drug-likeness (QED) is 0.250. The molecule has 0 aliphatic carbocycles. The number of rotatable bonds is 11. The Morgan fingerprint density at radius 1 is 1.00 bits per heavy atom. The van der Waals surface area contributed by atoms with Crippen molar-refractivity contribution >= 4 is 11.9 Å². The fraction of sp³-hybridized carbons (Fsp3) is 0.733. The number of esters is 2. The summed E-state index contributed by atoms with van der Waals surface area (Å²) >= 11 is 0. The van der Waals surface area contributed by atoms with Crippen LogP contribution in [0.15, 0.2) is 12.7 Å². The highest BCUT2D eigenvalue weighted by atomic mass is 16.6. The van der Waals surface area contributed by atoms with Crippen LogP contribution in [0, 0.1) is 5.92 Å². The second-order valence-corrected chi connectivity index (χ2v) is 4.34. The molecule has 0 heterocycles. The van der Waals surface area contributed by atoms with Crippen LogP contribution in [0.2, 0.25) is 0 Å². The first kappa shape index (κ1) is 17.7. The van der Waals surface area contributed by atoms with Gasteiger partial charge < -0.3 is 9.47 Å². The van der Waals surface area contributed by atoms with Gasteiger partial charge in [0, 0.05) is 0 Å². The average Bonchev–Trinajstić information content (AvgIpc) is 2.38. The summed E-state index contributed by atoms with van der Waals surface area (Å²) in [5.74, 6) is -1.70. The molecule has 4 heteroatoms. The Morgan fingerprint density at radius 2 is 1.53 bits per heavy atom. The molecule has 19 heavy (non-hydrogen) atoms. The summed E-state index contributed by atoms with van der Waals surface area (Å²) in [5.41, 5.74) is 0. The van der Waals surface area contributed by atoms with Crippen molar-refractivity contribution in [3.05, 3.63) is 12.7 Å². The van der Waals surface area contributed by atoms with E-state index >= 15 is 0 Å². The molecule has 0 amide bonds. The van der Waals surface area contributed by atoms with E-state index in [0.717, 1.165) is 32.1 Å². The van der Waals surface area contributed by atoms with Crippen molar-refractivity contribution in [3.8, 4) is 0 Å². The van der Waals surface area contributed by atoms with E-state index in [2.05, 4.69) is 6.58 Å². The molecule has 0 aromatic heterocycles. The SMILES string of the molecule is C=CCCCCCCC(C(=O)OCC)C(=O)OCC. The first-order chi connectivity index (χ1) is 9.17. The Labute approximate surface area is 116 Å². The molecule has 0 atom stereocenters. The van der Waals surface area contributed by atoms with E-state index in [1.54, 1.807) is 13.8 Å². The van der Waals surface area contributed by atoms with Crippen molar-refractivity contribution in [2.75, 3.05) is 13.2 Å². The summed E-state index contributed by atoms with van der Waals surface area (Å²) in [6.45, 7) is 7.71. The molecular weight excluding hydrogens is 244 g/mol. The summed E-state index contributed by atoms with van der Waals surface area (Å²) in [5, 5.41) is 0. The Morgan fingerprint density at radius 3 is 2.00 bits per heavy atom. The van der Waals surface area contributed by atoms with Crippen LogP contribution in [0.4, 0.5) is 0 Å². The first-order valence-electron chi connectivity index (χ1n) is 7.11. The van der Waals surface area contributed by atoms with Crippen LogP contribution in [0.3, 0.4) is 0 Å². The van der Waals surface area contributed by atoms with E-state index in [1.165, 1.54) is 0 Å². The van der Waals surface area contributed by atoms with E-state index < -0.39 is 17.9 Å². The average molecular weight is 270 g/mol. The fourth-order valence-corrected chi connectivity index (χ4v) is 1.81. The maximum absolute atomic E-state index is 11.7. The number of ether oxygens (including phenoxy) is 2. The van der Waals surface area contributed by atoms with Crippen LogP contribution in [0.5, 0.6) is 0 Å². The van der Waals surface area contributed by atoms with Crippen LogP contribution in [0.25, 0.3) is 0 Å². The standard InChI is InChI=1S/C15H26O4/c1-4-7-8-9-10-11-12-13(14(16)18-5-2)15(17)19-6-3/h4,13H,1,5-12H2,2-3H3. The van der Waals surface area contributed by atoms with Crippen molar-refractivity contribution in [2.45, 2.75) is 52.4 Å². The van der Waals surface area contributed by atoms with E-state index in [9.17, 15) is 9.59 Å². The van der Waals surface area contributed by atoms with Gasteiger partial charge in [0.15, 0.2) is 5.92 Å². The number of carbonyl (C=O) groups excluding carboxylic acids is 2. The molecular formula is C15H26O4. The Kier molecular flexibility index (Phi) is 10.9. The molecule has 0 fully saturated rings. The minimum Gasteiger partial charge on any atom is -0.465 e. The van der Waals surface area contributed by atoms with Crippen LogP contribution in [0.1, 0.15) is 52.4 Å². The van der Waals surface area contributed by atoms with Crippen molar-refractivity contribution in [1.82, 2.24) is 0 Å². The minimum atomic E-state index is -0.765. The van der Waals surface area contributed by atoms with Crippen LogP contribution >= 0.6 is 0 Å². The highest BCUT2D eigenvalue weighted by molar-refractivity contribution is 5.94. The van der Waals surface area contributed by atoms with Gasteiger partial charge in [-0.2, -0.15) is 0 Å². The summed E-state index contributed by atoms with van der Waals surface area (Å²) < 4.78 is 9.83. The molecule has 0 aliphatic heterocycles.